The highest BCUT2D eigenvalue weighted by atomic mass is 16.5. The highest BCUT2D eigenvalue weighted by molar-refractivity contribution is 5.78. The first-order valence-electron chi connectivity index (χ1n) is 8.53. The molecule has 2 atom stereocenters. The Labute approximate surface area is 136 Å². The molecule has 1 aromatic rings. The number of furan rings is 1. The first kappa shape index (κ1) is 15.2. The zero-order valence-electron chi connectivity index (χ0n) is 13.3. The van der Waals surface area contributed by atoms with E-state index in [1.807, 2.05) is 17.0 Å². The Balaban J connectivity index is 1.43. The van der Waals surface area contributed by atoms with E-state index in [1.54, 1.807) is 6.26 Å². The Hall–Kier alpha value is -1.37. The molecular formula is C17H24N2O4. The molecule has 4 heterocycles. The maximum absolute atomic E-state index is 12.5. The first-order valence-corrected chi connectivity index (χ1v) is 8.53. The first-order chi connectivity index (χ1) is 11.2. The van der Waals surface area contributed by atoms with Gasteiger partial charge in [0.05, 0.1) is 26.0 Å². The Morgan fingerprint density at radius 3 is 2.57 bits per heavy atom. The number of aliphatic hydroxyl groups is 1. The fourth-order valence-electron chi connectivity index (χ4n) is 4.39. The van der Waals surface area contributed by atoms with Crippen molar-refractivity contribution in [1.29, 1.82) is 0 Å². The number of nitrogens with zero attached hydrogens (tertiary/aromatic N) is 2. The van der Waals surface area contributed by atoms with Crippen molar-refractivity contribution in [2.75, 3.05) is 32.8 Å². The summed E-state index contributed by atoms with van der Waals surface area (Å²) in [5.74, 6) is 0.849. The molecule has 0 radical (unpaired) electrons. The molecule has 6 heteroatoms. The zero-order chi connectivity index (χ0) is 15.9. The van der Waals surface area contributed by atoms with E-state index in [2.05, 4.69) is 4.90 Å². The summed E-state index contributed by atoms with van der Waals surface area (Å²) in [7, 11) is 0. The lowest BCUT2D eigenvalue weighted by molar-refractivity contribution is -0.140. The van der Waals surface area contributed by atoms with Gasteiger partial charge in [-0.15, -0.1) is 0 Å². The molecule has 0 aromatic carbocycles. The van der Waals surface area contributed by atoms with Gasteiger partial charge in [0.25, 0.3) is 0 Å². The number of fused-ring (bicyclic) bond motifs is 2. The van der Waals surface area contributed by atoms with Crippen LogP contribution in [0, 0.1) is 0 Å². The van der Waals surface area contributed by atoms with Gasteiger partial charge in [-0.3, -0.25) is 9.69 Å². The number of ether oxygens (including phenoxy) is 1. The van der Waals surface area contributed by atoms with Crippen molar-refractivity contribution >= 4 is 5.91 Å². The maximum atomic E-state index is 12.5. The van der Waals surface area contributed by atoms with Crippen LogP contribution in [0.2, 0.25) is 0 Å². The highest BCUT2D eigenvalue weighted by Crippen LogP contribution is 2.45. The van der Waals surface area contributed by atoms with Crippen molar-refractivity contribution in [2.45, 2.75) is 43.4 Å². The molecule has 3 saturated heterocycles. The second-order valence-corrected chi connectivity index (χ2v) is 6.97. The molecule has 3 aliphatic rings. The molecule has 23 heavy (non-hydrogen) atoms. The molecule has 0 spiro atoms. The van der Waals surface area contributed by atoms with E-state index in [9.17, 15) is 9.90 Å². The summed E-state index contributed by atoms with van der Waals surface area (Å²) in [6.45, 7) is 3.12. The topological polar surface area (TPSA) is 66.2 Å². The number of amides is 1. The van der Waals surface area contributed by atoms with Crippen molar-refractivity contribution in [2.24, 2.45) is 0 Å². The number of carbonyl (C=O) groups excluding carboxylic acids is 1. The molecule has 1 N–H and O–H groups in total. The molecule has 2 bridgehead atoms. The second kappa shape index (κ2) is 5.92. The third-order valence-corrected chi connectivity index (χ3v) is 5.58. The third-order valence-electron chi connectivity index (χ3n) is 5.58. The van der Waals surface area contributed by atoms with Gasteiger partial charge in [-0.05, 0) is 37.8 Å². The molecule has 0 aliphatic carbocycles. The minimum atomic E-state index is -0.881. The number of hydrogen-bond acceptors (Lipinski definition) is 5. The van der Waals surface area contributed by atoms with E-state index >= 15 is 0 Å². The van der Waals surface area contributed by atoms with E-state index in [-0.39, 0.29) is 18.0 Å². The summed E-state index contributed by atoms with van der Waals surface area (Å²) < 4.78 is 10.8. The van der Waals surface area contributed by atoms with E-state index < -0.39 is 5.60 Å². The molecule has 3 aliphatic heterocycles. The van der Waals surface area contributed by atoms with Crippen LogP contribution in [-0.2, 0) is 15.1 Å². The van der Waals surface area contributed by atoms with Crippen LogP contribution in [0.5, 0.6) is 0 Å². The highest BCUT2D eigenvalue weighted by Gasteiger charge is 2.50. The Morgan fingerprint density at radius 2 is 1.96 bits per heavy atom. The van der Waals surface area contributed by atoms with Crippen LogP contribution in [0.25, 0.3) is 0 Å². The molecule has 0 unspecified atom stereocenters. The normalized spacial score (nSPS) is 34.7. The quantitative estimate of drug-likeness (QED) is 0.898. The predicted molar refractivity (Wildman–Crippen MR) is 82.8 cm³/mol. The number of carbonyl (C=O) groups is 1. The monoisotopic (exact) mass is 320 g/mol. The van der Waals surface area contributed by atoms with Gasteiger partial charge in [0.15, 0.2) is 0 Å². The number of rotatable bonds is 3. The van der Waals surface area contributed by atoms with Gasteiger partial charge in [0, 0.05) is 25.2 Å². The van der Waals surface area contributed by atoms with Gasteiger partial charge in [0.1, 0.15) is 11.4 Å². The zero-order valence-corrected chi connectivity index (χ0v) is 13.3. The number of piperidine rings is 1. The standard InChI is InChI=1S/C17H24N2O4/c20-16(18-5-8-22-9-6-18)12-19-13-3-4-14(19)11-17(21,10-13)15-2-1-7-23-15/h1-2,7,13-14,21H,3-6,8-12H2/t13-,14-/m1/s1. The third kappa shape index (κ3) is 2.79. The lowest BCUT2D eigenvalue weighted by Gasteiger charge is -2.43. The molecule has 126 valence electrons. The predicted octanol–water partition coefficient (Wildman–Crippen LogP) is 0.953. The Bertz CT molecular complexity index is 539. The number of morpholine rings is 1. The molecule has 6 nitrogen and oxygen atoms in total. The molecule has 1 aromatic heterocycles. The van der Waals surface area contributed by atoms with E-state index in [0.29, 0.717) is 51.4 Å². The molecule has 3 fully saturated rings. The van der Waals surface area contributed by atoms with E-state index in [0.717, 1.165) is 12.8 Å². The van der Waals surface area contributed by atoms with Gasteiger partial charge in [-0.25, -0.2) is 0 Å². The van der Waals surface area contributed by atoms with Crippen LogP contribution >= 0.6 is 0 Å². The lowest BCUT2D eigenvalue weighted by Crippen LogP contribution is -2.53. The van der Waals surface area contributed by atoms with Crippen LogP contribution in [0.15, 0.2) is 22.8 Å². The van der Waals surface area contributed by atoms with E-state index in [1.165, 1.54) is 0 Å². The molecular weight excluding hydrogens is 296 g/mol. The van der Waals surface area contributed by atoms with Gasteiger partial charge >= 0.3 is 0 Å². The van der Waals surface area contributed by atoms with Gasteiger partial charge in [-0.1, -0.05) is 0 Å². The van der Waals surface area contributed by atoms with Gasteiger partial charge in [-0.2, -0.15) is 0 Å². The second-order valence-electron chi connectivity index (χ2n) is 6.97. The van der Waals surface area contributed by atoms with Crippen LogP contribution in [0.4, 0.5) is 0 Å². The van der Waals surface area contributed by atoms with Crippen molar-refractivity contribution in [3.8, 4) is 0 Å². The van der Waals surface area contributed by atoms with Crippen molar-refractivity contribution in [3.63, 3.8) is 0 Å². The van der Waals surface area contributed by atoms with Crippen LogP contribution < -0.4 is 0 Å². The smallest absolute Gasteiger partial charge is 0.236 e. The maximum Gasteiger partial charge on any atom is 0.236 e. The fourth-order valence-corrected chi connectivity index (χ4v) is 4.39. The van der Waals surface area contributed by atoms with Crippen LogP contribution in [0.1, 0.15) is 31.4 Å². The average Bonchev–Trinajstić information content (AvgIpc) is 3.18. The SMILES string of the molecule is O=C(CN1[C@@H]2CC[C@@H]1CC(O)(c1ccco1)C2)N1CCOCC1. The molecule has 0 saturated carbocycles. The van der Waals surface area contributed by atoms with Gasteiger partial charge < -0.3 is 19.2 Å². The Morgan fingerprint density at radius 1 is 1.26 bits per heavy atom. The minimum absolute atomic E-state index is 0.189. The average molecular weight is 320 g/mol. The van der Waals surface area contributed by atoms with Crippen molar-refractivity contribution < 1.29 is 19.1 Å². The summed E-state index contributed by atoms with van der Waals surface area (Å²) in [6, 6.07) is 4.19. The van der Waals surface area contributed by atoms with E-state index in [4.69, 9.17) is 9.15 Å². The van der Waals surface area contributed by atoms with Gasteiger partial charge in [0.2, 0.25) is 5.91 Å². The van der Waals surface area contributed by atoms with Crippen LogP contribution in [0.3, 0.4) is 0 Å². The van der Waals surface area contributed by atoms with Crippen molar-refractivity contribution in [3.05, 3.63) is 24.2 Å². The molecule has 4 rings (SSSR count). The van der Waals surface area contributed by atoms with Crippen molar-refractivity contribution in [1.82, 2.24) is 9.80 Å². The van der Waals surface area contributed by atoms with Crippen LogP contribution in [-0.4, -0.2) is 65.7 Å². The summed E-state index contributed by atoms with van der Waals surface area (Å²) in [6.07, 6.45) is 5.00. The number of hydrogen-bond donors (Lipinski definition) is 1. The fraction of sp³-hybridized carbons (Fsp3) is 0.706. The largest absolute Gasteiger partial charge is 0.466 e. The molecule has 1 amide bonds. The minimum Gasteiger partial charge on any atom is -0.466 e. The summed E-state index contributed by atoms with van der Waals surface area (Å²) >= 11 is 0. The lowest BCUT2D eigenvalue weighted by atomic mass is 9.84. The summed E-state index contributed by atoms with van der Waals surface area (Å²) in [5.41, 5.74) is -0.881. The Kier molecular flexibility index (Phi) is 3.91. The summed E-state index contributed by atoms with van der Waals surface area (Å²) in [5, 5.41) is 11.0. The summed E-state index contributed by atoms with van der Waals surface area (Å²) in [4.78, 5) is 16.7.